The van der Waals surface area contributed by atoms with Crippen LogP contribution < -0.4 is 15.4 Å². The average molecular weight is 728 g/mol. The number of hydrogen-bond acceptors (Lipinski definition) is 12. The standard InChI is InChI=1S/C37H49N3O12/c41-32(38-30-11-7-10-29-34(30)37(45)40(36(29)44)31-13-14-33(42)39-35(31)43)12-5-2-6-15-46-16-17-47-18-19-48-20-21-49-22-23-50-24-25-51-26-27-52-28-8-3-1-4-9-28/h1,3-4,7-11,31H,2,5-6,12-27H2,(H,38,41)(H,39,42,43). The Hall–Kier alpha value is -4.25. The second kappa shape index (κ2) is 23.3. The molecule has 1 atom stereocenters. The lowest BCUT2D eigenvalue weighted by Crippen LogP contribution is -2.54. The van der Waals surface area contributed by atoms with Gasteiger partial charge < -0.3 is 38.5 Å². The van der Waals surface area contributed by atoms with Crippen molar-refractivity contribution in [1.29, 1.82) is 0 Å². The van der Waals surface area contributed by atoms with Crippen molar-refractivity contribution in [2.45, 2.75) is 44.6 Å². The molecule has 15 heteroatoms. The van der Waals surface area contributed by atoms with E-state index >= 15 is 0 Å². The molecule has 1 saturated heterocycles. The topological polar surface area (TPSA) is 177 Å². The molecular weight excluding hydrogens is 678 g/mol. The van der Waals surface area contributed by atoms with E-state index in [-0.39, 0.29) is 42.0 Å². The molecule has 0 bridgehead atoms. The number of imide groups is 2. The molecule has 1 unspecified atom stereocenters. The molecule has 4 rings (SSSR count). The van der Waals surface area contributed by atoms with Gasteiger partial charge in [-0.25, -0.2) is 0 Å². The largest absolute Gasteiger partial charge is 0.491 e. The molecule has 2 aliphatic heterocycles. The van der Waals surface area contributed by atoms with Crippen molar-refractivity contribution in [3.05, 3.63) is 59.7 Å². The maximum absolute atomic E-state index is 13.2. The number of nitrogens with zero attached hydrogens (tertiary/aromatic N) is 1. The van der Waals surface area contributed by atoms with Crippen LogP contribution in [0.15, 0.2) is 48.5 Å². The molecule has 5 amide bonds. The predicted octanol–water partition coefficient (Wildman–Crippen LogP) is 2.77. The van der Waals surface area contributed by atoms with Gasteiger partial charge >= 0.3 is 0 Å². The molecule has 15 nitrogen and oxygen atoms in total. The van der Waals surface area contributed by atoms with Crippen molar-refractivity contribution >= 4 is 35.2 Å². The van der Waals surface area contributed by atoms with Gasteiger partial charge in [-0.2, -0.15) is 0 Å². The van der Waals surface area contributed by atoms with E-state index in [1.54, 1.807) is 12.1 Å². The molecule has 2 heterocycles. The lowest BCUT2D eigenvalue weighted by atomic mass is 10.0. The third-order valence-corrected chi connectivity index (χ3v) is 8.03. The van der Waals surface area contributed by atoms with Gasteiger partial charge in [-0.05, 0) is 43.5 Å². The van der Waals surface area contributed by atoms with Crippen LogP contribution in [0.4, 0.5) is 5.69 Å². The van der Waals surface area contributed by atoms with Crippen molar-refractivity contribution in [2.75, 3.05) is 91.2 Å². The number of anilines is 1. The van der Waals surface area contributed by atoms with Gasteiger partial charge in [0.05, 0.1) is 89.5 Å². The number of carbonyl (C=O) groups is 5. The normalized spacial score (nSPS) is 15.5. The zero-order chi connectivity index (χ0) is 36.8. The van der Waals surface area contributed by atoms with Crippen molar-refractivity contribution in [1.82, 2.24) is 10.2 Å². The Morgan fingerprint density at radius 3 is 1.83 bits per heavy atom. The van der Waals surface area contributed by atoms with Crippen molar-refractivity contribution < 1.29 is 57.1 Å². The molecule has 2 aliphatic rings. The molecule has 2 aromatic carbocycles. The fourth-order valence-corrected chi connectivity index (χ4v) is 5.44. The summed E-state index contributed by atoms with van der Waals surface area (Å²) in [5, 5.41) is 4.90. The molecule has 2 N–H and O–H groups in total. The van der Waals surface area contributed by atoms with Crippen molar-refractivity contribution in [3.8, 4) is 5.75 Å². The monoisotopic (exact) mass is 727 g/mol. The number of ether oxygens (including phenoxy) is 7. The van der Waals surface area contributed by atoms with Gasteiger partial charge in [0.15, 0.2) is 0 Å². The van der Waals surface area contributed by atoms with E-state index in [1.165, 1.54) is 6.07 Å². The van der Waals surface area contributed by atoms with E-state index in [4.69, 9.17) is 33.2 Å². The second-order valence-corrected chi connectivity index (χ2v) is 11.9. The summed E-state index contributed by atoms with van der Waals surface area (Å²) in [5.74, 6) is -1.88. The fourth-order valence-electron chi connectivity index (χ4n) is 5.44. The quantitative estimate of drug-likeness (QED) is 0.102. The van der Waals surface area contributed by atoms with Crippen LogP contribution in [0.5, 0.6) is 5.75 Å². The van der Waals surface area contributed by atoms with E-state index < -0.39 is 29.7 Å². The predicted molar refractivity (Wildman–Crippen MR) is 187 cm³/mol. The van der Waals surface area contributed by atoms with Crippen LogP contribution in [0.3, 0.4) is 0 Å². The third-order valence-electron chi connectivity index (χ3n) is 8.03. The molecular formula is C37H49N3O12. The van der Waals surface area contributed by atoms with E-state index in [0.29, 0.717) is 92.3 Å². The summed E-state index contributed by atoms with van der Waals surface area (Å²) in [6.07, 6.45) is 2.48. The second-order valence-electron chi connectivity index (χ2n) is 11.9. The number of carbonyl (C=O) groups excluding carboxylic acids is 5. The molecule has 2 aromatic rings. The van der Waals surface area contributed by atoms with Crippen LogP contribution in [0, 0.1) is 0 Å². The minimum absolute atomic E-state index is 0.0309. The fraction of sp³-hybridized carbons (Fsp3) is 0.541. The minimum Gasteiger partial charge on any atom is -0.491 e. The average Bonchev–Trinajstić information content (AvgIpc) is 3.39. The first-order valence-electron chi connectivity index (χ1n) is 17.7. The number of benzene rings is 2. The number of para-hydroxylation sites is 1. The Kier molecular flexibility index (Phi) is 18.2. The van der Waals surface area contributed by atoms with Crippen LogP contribution in [0.1, 0.15) is 59.2 Å². The molecule has 0 aliphatic carbocycles. The number of nitrogens with one attached hydrogen (secondary N) is 2. The van der Waals surface area contributed by atoms with Gasteiger partial charge in [0.2, 0.25) is 17.7 Å². The molecule has 0 aromatic heterocycles. The zero-order valence-corrected chi connectivity index (χ0v) is 29.5. The van der Waals surface area contributed by atoms with E-state index in [1.807, 2.05) is 30.3 Å². The Labute approximate surface area is 303 Å². The van der Waals surface area contributed by atoms with Gasteiger partial charge in [-0.15, -0.1) is 0 Å². The van der Waals surface area contributed by atoms with Crippen molar-refractivity contribution in [2.24, 2.45) is 0 Å². The molecule has 0 spiro atoms. The lowest BCUT2D eigenvalue weighted by Gasteiger charge is -2.27. The molecule has 0 saturated carbocycles. The Morgan fingerprint density at radius 2 is 1.23 bits per heavy atom. The number of amides is 5. The van der Waals surface area contributed by atoms with Gasteiger partial charge in [-0.3, -0.25) is 34.2 Å². The first-order chi connectivity index (χ1) is 25.5. The van der Waals surface area contributed by atoms with Gasteiger partial charge in [0.25, 0.3) is 11.8 Å². The maximum atomic E-state index is 13.2. The maximum Gasteiger partial charge on any atom is 0.264 e. The van der Waals surface area contributed by atoms with Crippen LogP contribution in [-0.2, 0) is 42.8 Å². The SMILES string of the molecule is O=C1CCC(N2C(=O)c3cccc(NC(=O)CCCCCOCCOCCOCCOCCOCCOCCOc4ccccc4)c3C2=O)C(=O)N1. The summed E-state index contributed by atoms with van der Waals surface area (Å²) in [6, 6.07) is 13.1. The summed E-state index contributed by atoms with van der Waals surface area (Å²) in [5.41, 5.74) is 0.390. The van der Waals surface area contributed by atoms with Gasteiger partial charge in [0, 0.05) is 19.4 Å². The van der Waals surface area contributed by atoms with Crippen LogP contribution in [0.25, 0.3) is 0 Å². The highest BCUT2D eigenvalue weighted by Gasteiger charge is 2.45. The Balaban J connectivity index is 0.902. The third kappa shape index (κ3) is 13.7. The molecule has 52 heavy (non-hydrogen) atoms. The highest BCUT2D eigenvalue weighted by Crippen LogP contribution is 2.32. The Bertz CT molecular complexity index is 1440. The Morgan fingerprint density at radius 1 is 0.654 bits per heavy atom. The highest BCUT2D eigenvalue weighted by molar-refractivity contribution is 6.26. The number of piperidine rings is 1. The lowest BCUT2D eigenvalue weighted by molar-refractivity contribution is -0.136. The first kappa shape index (κ1) is 40.5. The first-order valence-corrected chi connectivity index (χ1v) is 17.7. The molecule has 284 valence electrons. The van der Waals surface area contributed by atoms with Crippen LogP contribution >= 0.6 is 0 Å². The summed E-state index contributed by atoms with van der Waals surface area (Å²) in [6.45, 7) is 6.27. The minimum atomic E-state index is -1.07. The van der Waals surface area contributed by atoms with Crippen LogP contribution in [-0.4, -0.2) is 126 Å². The van der Waals surface area contributed by atoms with E-state index in [0.717, 1.165) is 23.5 Å². The van der Waals surface area contributed by atoms with E-state index in [9.17, 15) is 24.0 Å². The molecule has 0 radical (unpaired) electrons. The van der Waals surface area contributed by atoms with Crippen LogP contribution in [0.2, 0.25) is 0 Å². The van der Waals surface area contributed by atoms with Crippen molar-refractivity contribution in [3.63, 3.8) is 0 Å². The number of unbranched alkanes of at least 4 members (excludes halogenated alkanes) is 2. The summed E-state index contributed by atoms with van der Waals surface area (Å²) >= 11 is 0. The number of fused-ring (bicyclic) bond motifs is 1. The highest BCUT2D eigenvalue weighted by atomic mass is 16.6. The number of hydrogen-bond donors (Lipinski definition) is 2. The summed E-state index contributed by atoms with van der Waals surface area (Å²) < 4.78 is 38.6. The zero-order valence-electron chi connectivity index (χ0n) is 29.5. The number of rotatable bonds is 27. The summed E-state index contributed by atoms with van der Waals surface area (Å²) in [7, 11) is 0. The smallest absolute Gasteiger partial charge is 0.264 e. The van der Waals surface area contributed by atoms with E-state index in [2.05, 4.69) is 10.6 Å². The van der Waals surface area contributed by atoms with Gasteiger partial charge in [-0.1, -0.05) is 30.7 Å². The molecule has 1 fully saturated rings. The van der Waals surface area contributed by atoms with Gasteiger partial charge in [0.1, 0.15) is 18.4 Å². The summed E-state index contributed by atoms with van der Waals surface area (Å²) in [4.78, 5) is 63.5.